The highest BCUT2D eigenvalue weighted by Gasteiger charge is 2.22. The van der Waals surface area contributed by atoms with Crippen LogP contribution < -0.4 is 16.4 Å². The Balaban J connectivity index is 1.42. The zero-order valence-electron chi connectivity index (χ0n) is 20.9. The number of benzene rings is 2. The highest BCUT2D eigenvalue weighted by molar-refractivity contribution is 7.17. The minimum atomic E-state index is -0.719. The summed E-state index contributed by atoms with van der Waals surface area (Å²) in [5.74, 6) is -0.604. The van der Waals surface area contributed by atoms with Crippen LogP contribution in [0.5, 0.6) is 0 Å². The normalized spacial score (nSPS) is 14.6. The average molecular weight is 538 g/mol. The Bertz CT molecular complexity index is 1280. The van der Waals surface area contributed by atoms with Gasteiger partial charge in [-0.3, -0.25) is 14.4 Å². The summed E-state index contributed by atoms with van der Waals surface area (Å²) in [6, 6.07) is 15.5. The monoisotopic (exact) mass is 537 g/mol. The molecular weight excluding hydrogens is 506 g/mol. The Morgan fingerprint density at radius 1 is 1.03 bits per heavy atom. The van der Waals surface area contributed by atoms with Gasteiger partial charge in [0.05, 0.1) is 4.88 Å². The lowest BCUT2D eigenvalue weighted by Crippen LogP contribution is -2.44. The largest absolute Gasteiger partial charge is 0.368 e. The van der Waals surface area contributed by atoms with Crippen LogP contribution in [-0.4, -0.2) is 23.8 Å². The van der Waals surface area contributed by atoms with E-state index in [1.165, 1.54) is 43.4 Å². The van der Waals surface area contributed by atoms with Gasteiger partial charge >= 0.3 is 0 Å². The van der Waals surface area contributed by atoms with Gasteiger partial charge in [-0.25, -0.2) is 0 Å². The number of nitrogens with two attached hydrogens (primary N) is 1. The molecule has 0 aliphatic heterocycles. The number of primary amides is 1. The number of anilines is 1. The molecule has 0 unspecified atom stereocenters. The Hall–Kier alpha value is -3.16. The summed E-state index contributed by atoms with van der Waals surface area (Å²) in [6.07, 6.45) is 7.47. The SMILES string of the molecule is Cc1ccc(C(=O)N[C@@H](CCC2CCCCC2)C(N)=O)cc1NC(=O)c1ccc(-c2ccccc2Cl)s1. The predicted octanol–water partition coefficient (Wildman–Crippen LogP) is 6.57. The Morgan fingerprint density at radius 2 is 1.78 bits per heavy atom. The Kier molecular flexibility index (Phi) is 9.00. The van der Waals surface area contributed by atoms with E-state index in [1.807, 2.05) is 37.3 Å². The molecule has 0 radical (unpaired) electrons. The van der Waals surface area contributed by atoms with E-state index in [0.29, 0.717) is 33.5 Å². The van der Waals surface area contributed by atoms with E-state index in [9.17, 15) is 14.4 Å². The number of carbonyl (C=O) groups is 3. The lowest BCUT2D eigenvalue weighted by Gasteiger charge is -2.23. The summed E-state index contributed by atoms with van der Waals surface area (Å²) in [5.41, 5.74) is 8.17. The number of nitrogens with one attached hydrogen (secondary N) is 2. The molecule has 1 heterocycles. The molecule has 4 rings (SSSR count). The molecule has 1 aromatic heterocycles. The molecule has 3 amide bonds. The molecule has 0 bridgehead atoms. The maximum absolute atomic E-state index is 13.0. The molecule has 4 N–H and O–H groups in total. The molecule has 1 fully saturated rings. The van der Waals surface area contributed by atoms with Gasteiger partial charge in [0, 0.05) is 26.7 Å². The van der Waals surface area contributed by atoms with Crippen molar-refractivity contribution in [1.82, 2.24) is 5.32 Å². The lowest BCUT2D eigenvalue weighted by molar-refractivity contribution is -0.120. The van der Waals surface area contributed by atoms with E-state index < -0.39 is 11.9 Å². The van der Waals surface area contributed by atoms with E-state index in [-0.39, 0.29) is 11.8 Å². The highest BCUT2D eigenvalue weighted by Crippen LogP contribution is 2.33. The van der Waals surface area contributed by atoms with Gasteiger partial charge in [-0.15, -0.1) is 11.3 Å². The number of hydrogen-bond donors (Lipinski definition) is 3. The van der Waals surface area contributed by atoms with E-state index in [2.05, 4.69) is 10.6 Å². The maximum atomic E-state index is 13.0. The van der Waals surface area contributed by atoms with Crippen molar-refractivity contribution in [3.8, 4) is 10.4 Å². The van der Waals surface area contributed by atoms with E-state index in [0.717, 1.165) is 22.4 Å². The quantitative estimate of drug-likeness (QED) is 0.287. The van der Waals surface area contributed by atoms with Crippen molar-refractivity contribution < 1.29 is 14.4 Å². The van der Waals surface area contributed by atoms with Gasteiger partial charge in [0.15, 0.2) is 0 Å². The third-order valence-electron chi connectivity index (χ3n) is 6.95. The van der Waals surface area contributed by atoms with Crippen LogP contribution in [0.3, 0.4) is 0 Å². The smallest absolute Gasteiger partial charge is 0.265 e. The molecule has 6 nitrogen and oxygen atoms in total. The van der Waals surface area contributed by atoms with Crippen molar-refractivity contribution in [2.24, 2.45) is 11.7 Å². The van der Waals surface area contributed by atoms with E-state index in [4.69, 9.17) is 17.3 Å². The molecule has 1 saturated carbocycles. The summed E-state index contributed by atoms with van der Waals surface area (Å²) in [5, 5.41) is 6.33. The standard InChI is InChI=1S/C29H32ClN3O3S/c1-18-11-13-20(28(35)32-23(27(31)34)14-12-19-7-3-2-4-8-19)17-24(18)33-29(36)26-16-15-25(37-26)21-9-5-6-10-22(21)30/h5-6,9-11,13,15-17,19,23H,2-4,7-8,12,14H2,1H3,(H2,31,34)(H,32,35)(H,33,36)/t23-/m0/s1. The maximum Gasteiger partial charge on any atom is 0.265 e. The van der Waals surface area contributed by atoms with Gasteiger partial charge < -0.3 is 16.4 Å². The second-order valence-electron chi connectivity index (χ2n) is 9.64. The van der Waals surface area contributed by atoms with Gasteiger partial charge in [0.2, 0.25) is 5.91 Å². The van der Waals surface area contributed by atoms with Crippen LogP contribution in [0.1, 0.15) is 70.5 Å². The van der Waals surface area contributed by atoms with Crippen molar-refractivity contribution in [2.75, 3.05) is 5.32 Å². The molecule has 8 heteroatoms. The van der Waals surface area contributed by atoms with Crippen LogP contribution in [-0.2, 0) is 4.79 Å². The molecule has 3 aromatic rings. The molecule has 194 valence electrons. The predicted molar refractivity (Wildman–Crippen MR) is 150 cm³/mol. The van der Waals surface area contributed by atoms with Gasteiger partial charge in [-0.2, -0.15) is 0 Å². The zero-order valence-corrected chi connectivity index (χ0v) is 22.5. The van der Waals surface area contributed by atoms with Crippen LogP contribution in [0, 0.1) is 12.8 Å². The number of rotatable bonds is 9. The first kappa shape index (κ1) is 26.9. The zero-order chi connectivity index (χ0) is 26.4. The average Bonchev–Trinajstić information content (AvgIpc) is 3.38. The fourth-order valence-corrected chi connectivity index (χ4v) is 5.99. The van der Waals surface area contributed by atoms with Gasteiger partial charge in [0.1, 0.15) is 6.04 Å². The van der Waals surface area contributed by atoms with Gasteiger partial charge in [-0.1, -0.05) is 68.0 Å². The Labute approximate surface area is 226 Å². The second kappa shape index (κ2) is 12.4. The summed E-state index contributed by atoms with van der Waals surface area (Å²) in [4.78, 5) is 39.4. The van der Waals surface area contributed by atoms with E-state index >= 15 is 0 Å². The lowest BCUT2D eigenvalue weighted by atomic mass is 9.85. The topological polar surface area (TPSA) is 101 Å². The minimum Gasteiger partial charge on any atom is -0.368 e. The third kappa shape index (κ3) is 6.99. The third-order valence-corrected chi connectivity index (χ3v) is 8.40. The summed E-state index contributed by atoms with van der Waals surface area (Å²) < 4.78 is 0. The van der Waals surface area contributed by atoms with Crippen LogP contribution in [0.2, 0.25) is 5.02 Å². The highest BCUT2D eigenvalue weighted by atomic mass is 35.5. The van der Waals surface area contributed by atoms with Crippen molar-refractivity contribution in [2.45, 2.75) is 57.9 Å². The minimum absolute atomic E-state index is 0.272. The van der Waals surface area contributed by atoms with Crippen molar-refractivity contribution in [1.29, 1.82) is 0 Å². The number of thiophene rings is 1. The van der Waals surface area contributed by atoms with Crippen LogP contribution >= 0.6 is 22.9 Å². The molecular formula is C29H32ClN3O3S. The molecule has 0 saturated heterocycles. The number of halogens is 1. The second-order valence-corrected chi connectivity index (χ2v) is 11.1. The van der Waals surface area contributed by atoms with Crippen LogP contribution in [0.25, 0.3) is 10.4 Å². The first-order chi connectivity index (χ1) is 17.8. The Morgan fingerprint density at radius 3 is 2.51 bits per heavy atom. The number of carbonyl (C=O) groups excluding carboxylic acids is 3. The van der Waals surface area contributed by atoms with Crippen molar-refractivity contribution in [3.05, 3.63) is 75.6 Å². The van der Waals surface area contributed by atoms with Gasteiger partial charge in [0.25, 0.3) is 11.8 Å². The molecule has 1 aliphatic carbocycles. The number of amides is 3. The van der Waals surface area contributed by atoms with Gasteiger partial charge in [-0.05, 0) is 61.6 Å². The first-order valence-electron chi connectivity index (χ1n) is 12.7. The molecule has 2 aromatic carbocycles. The summed E-state index contributed by atoms with van der Waals surface area (Å²) >= 11 is 7.64. The van der Waals surface area contributed by atoms with E-state index in [1.54, 1.807) is 24.3 Å². The molecule has 1 atom stereocenters. The fourth-order valence-electron chi connectivity index (χ4n) is 4.75. The fraction of sp³-hybridized carbons (Fsp3) is 0.345. The number of aryl methyl sites for hydroxylation is 1. The molecule has 0 spiro atoms. The summed E-state index contributed by atoms with van der Waals surface area (Å²) in [6.45, 7) is 1.86. The molecule has 37 heavy (non-hydrogen) atoms. The first-order valence-corrected chi connectivity index (χ1v) is 13.9. The van der Waals surface area contributed by atoms with Crippen LogP contribution in [0.4, 0.5) is 5.69 Å². The van der Waals surface area contributed by atoms with Crippen LogP contribution in [0.15, 0.2) is 54.6 Å². The number of hydrogen-bond acceptors (Lipinski definition) is 4. The molecule has 1 aliphatic rings. The summed E-state index contributed by atoms with van der Waals surface area (Å²) in [7, 11) is 0. The van der Waals surface area contributed by atoms with Crippen molar-refractivity contribution in [3.63, 3.8) is 0 Å². The van der Waals surface area contributed by atoms with Crippen molar-refractivity contribution >= 4 is 46.3 Å².